The Hall–Kier alpha value is -2.51. The van der Waals surface area contributed by atoms with Gasteiger partial charge in [0, 0.05) is 23.6 Å². The van der Waals surface area contributed by atoms with E-state index in [1.165, 1.54) is 12.4 Å². The highest BCUT2D eigenvalue weighted by Gasteiger charge is 2.44. The first-order chi connectivity index (χ1) is 14.5. The van der Waals surface area contributed by atoms with Gasteiger partial charge in [-0.05, 0) is 55.9 Å². The van der Waals surface area contributed by atoms with Crippen molar-refractivity contribution in [3.8, 4) is 5.75 Å². The summed E-state index contributed by atoms with van der Waals surface area (Å²) in [6, 6.07) is 4.66. The third kappa shape index (κ3) is 2.99. The average Bonchev–Trinajstić information content (AvgIpc) is 3.27. The van der Waals surface area contributed by atoms with Crippen LogP contribution in [0, 0.1) is 12.7 Å². The number of halogens is 1. The Bertz CT molecular complexity index is 1100. The Kier molecular flexibility index (Phi) is 4.75. The molecule has 2 heterocycles. The van der Waals surface area contributed by atoms with Crippen molar-refractivity contribution in [3.05, 3.63) is 53.4 Å². The molecular weight excluding hydrogens is 385 g/mol. The maximum Gasteiger partial charge on any atom is 0.143 e. The van der Waals surface area contributed by atoms with E-state index in [-0.39, 0.29) is 17.8 Å². The summed E-state index contributed by atoms with van der Waals surface area (Å²) in [6.07, 6.45) is 3.90. The number of fused-ring (bicyclic) bond motifs is 2. The highest BCUT2D eigenvalue weighted by molar-refractivity contribution is 5.78. The minimum absolute atomic E-state index is 0.151. The standard InChI is InChI=1S/C23H26FN3O3/c1-12-4-3-5-15-18(7-6-16(24)20(12)15)30-19-10-17(21(28)22(19)29)27-9-8-14-13(2)25-11-26-23(14)27/h6-9,11-12,17,19,21-22,28-29H,3-5,10H2,1-2H3/t12?,17-,19+,21+,22-/m1/s1. The lowest BCUT2D eigenvalue weighted by molar-refractivity contribution is -0.0166. The lowest BCUT2D eigenvalue weighted by Crippen LogP contribution is -2.34. The van der Waals surface area contributed by atoms with Gasteiger partial charge in [-0.25, -0.2) is 14.4 Å². The fourth-order valence-electron chi connectivity index (χ4n) is 5.13. The monoisotopic (exact) mass is 411 g/mol. The molecule has 0 saturated heterocycles. The minimum Gasteiger partial charge on any atom is -0.487 e. The summed E-state index contributed by atoms with van der Waals surface area (Å²) in [4.78, 5) is 8.58. The molecule has 5 atom stereocenters. The van der Waals surface area contributed by atoms with Gasteiger partial charge in [0.05, 0.1) is 11.7 Å². The maximum absolute atomic E-state index is 14.4. The molecule has 6 nitrogen and oxygen atoms in total. The molecule has 0 aliphatic heterocycles. The van der Waals surface area contributed by atoms with E-state index in [0.29, 0.717) is 12.2 Å². The highest BCUT2D eigenvalue weighted by Crippen LogP contribution is 2.41. The van der Waals surface area contributed by atoms with E-state index < -0.39 is 18.3 Å². The summed E-state index contributed by atoms with van der Waals surface area (Å²) < 4.78 is 22.5. The van der Waals surface area contributed by atoms with Crippen LogP contribution in [0.5, 0.6) is 5.75 Å². The number of aromatic nitrogens is 3. The molecule has 1 fully saturated rings. The Balaban J connectivity index is 1.45. The first-order valence-corrected chi connectivity index (χ1v) is 10.6. The van der Waals surface area contributed by atoms with E-state index in [9.17, 15) is 14.6 Å². The molecule has 30 heavy (non-hydrogen) atoms. The van der Waals surface area contributed by atoms with Gasteiger partial charge in [-0.3, -0.25) is 0 Å². The fraction of sp³-hybridized carbons (Fsp3) is 0.478. The first kappa shape index (κ1) is 19.5. The van der Waals surface area contributed by atoms with Crippen LogP contribution in [0.3, 0.4) is 0 Å². The van der Waals surface area contributed by atoms with Crippen molar-refractivity contribution < 1.29 is 19.3 Å². The van der Waals surface area contributed by atoms with Crippen LogP contribution < -0.4 is 4.74 Å². The van der Waals surface area contributed by atoms with Gasteiger partial charge in [-0.1, -0.05) is 6.92 Å². The maximum atomic E-state index is 14.4. The molecule has 2 aliphatic carbocycles. The summed E-state index contributed by atoms with van der Waals surface area (Å²) in [6.45, 7) is 3.95. The number of hydrogen-bond acceptors (Lipinski definition) is 5. The summed E-state index contributed by atoms with van der Waals surface area (Å²) in [5, 5.41) is 22.4. The largest absolute Gasteiger partial charge is 0.487 e. The molecule has 1 saturated carbocycles. The van der Waals surface area contributed by atoms with Crippen molar-refractivity contribution in [2.24, 2.45) is 0 Å². The van der Waals surface area contributed by atoms with E-state index in [2.05, 4.69) is 9.97 Å². The van der Waals surface area contributed by atoms with Crippen LogP contribution in [-0.4, -0.2) is 43.1 Å². The van der Waals surface area contributed by atoms with Crippen molar-refractivity contribution in [3.63, 3.8) is 0 Å². The van der Waals surface area contributed by atoms with Crippen molar-refractivity contribution in [2.75, 3.05) is 0 Å². The second-order valence-corrected chi connectivity index (χ2v) is 8.59. The number of ether oxygens (including phenoxy) is 1. The Labute approximate surface area is 174 Å². The van der Waals surface area contributed by atoms with Crippen LogP contribution in [0.1, 0.15) is 55.0 Å². The molecule has 0 bridgehead atoms. The van der Waals surface area contributed by atoms with Crippen LogP contribution in [0.25, 0.3) is 11.0 Å². The molecule has 0 amide bonds. The normalized spacial score (nSPS) is 28.6. The SMILES string of the molecule is Cc1ncnc2c1ccn2[C@@H]1C[C@H](Oc2ccc(F)c3c2CCCC3C)[C@@H](O)[C@H]1O. The molecule has 2 N–H and O–H groups in total. The lowest BCUT2D eigenvalue weighted by atomic mass is 9.83. The van der Waals surface area contributed by atoms with E-state index in [1.54, 1.807) is 6.07 Å². The predicted molar refractivity (Wildman–Crippen MR) is 110 cm³/mol. The average molecular weight is 411 g/mol. The van der Waals surface area contributed by atoms with Crippen molar-refractivity contribution in [2.45, 2.75) is 69.8 Å². The van der Waals surface area contributed by atoms with Gasteiger partial charge >= 0.3 is 0 Å². The van der Waals surface area contributed by atoms with Crippen LogP contribution >= 0.6 is 0 Å². The molecule has 0 spiro atoms. The lowest BCUT2D eigenvalue weighted by Gasteiger charge is -2.27. The Morgan fingerprint density at radius 1 is 1.17 bits per heavy atom. The number of rotatable bonds is 3. The smallest absolute Gasteiger partial charge is 0.143 e. The van der Waals surface area contributed by atoms with E-state index >= 15 is 0 Å². The quantitative estimate of drug-likeness (QED) is 0.690. The molecule has 2 aromatic heterocycles. The fourth-order valence-corrected chi connectivity index (χ4v) is 5.13. The second kappa shape index (κ2) is 7.32. The highest BCUT2D eigenvalue weighted by atomic mass is 19.1. The van der Waals surface area contributed by atoms with Crippen LogP contribution in [0.4, 0.5) is 4.39 Å². The molecule has 1 aromatic carbocycles. The molecular formula is C23H26FN3O3. The number of nitrogens with zero attached hydrogens (tertiary/aromatic N) is 3. The van der Waals surface area contributed by atoms with Crippen LogP contribution in [-0.2, 0) is 6.42 Å². The summed E-state index contributed by atoms with van der Waals surface area (Å²) >= 11 is 0. The van der Waals surface area contributed by atoms with Crippen LogP contribution in [0.2, 0.25) is 0 Å². The van der Waals surface area contributed by atoms with Gasteiger partial charge in [-0.2, -0.15) is 0 Å². The Morgan fingerprint density at radius 3 is 2.83 bits per heavy atom. The molecule has 7 heteroatoms. The summed E-state index contributed by atoms with van der Waals surface area (Å²) in [5.74, 6) is 0.576. The number of hydrogen-bond donors (Lipinski definition) is 2. The number of aliphatic hydroxyl groups is 2. The van der Waals surface area contributed by atoms with Crippen molar-refractivity contribution in [1.82, 2.24) is 14.5 Å². The van der Waals surface area contributed by atoms with Gasteiger partial charge in [-0.15, -0.1) is 0 Å². The summed E-state index contributed by atoms with van der Waals surface area (Å²) in [5.41, 5.74) is 3.22. The Morgan fingerprint density at radius 2 is 2.00 bits per heavy atom. The first-order valence-electron chi connectivity index (χ1n) is 10.6. The minimum atomic E-state index is -1.04. The molecule has 0 radical (unpaired) electrons. The molecule has 5 rings (SSSR count). The van der Waals surface area contributed by atoms with E-state index in [4.69, 9.17) is 4.74 Å². The van der Waals surface area contributed by atoms with Crippen molar-refractivity contribution in [1.29, 1.82) is 0 Å². The molecule has 3 aromatic rings. The molecule has 2 aliphatic rings. The van der Waals surface area contributed by atoms with Gasteiger partial charge in [0.1, 0.15) is 41.9 Å². The number of benzene rings is 1. The zero-order valence-corrected chi connectivity index (χ0v) is 17.1. The third-order valence-corrected chi connectivity index (χ3v) is 6.76. The van der Waals surface area contributed by atoms with Crippen molar-refractivity contribution >= 4 is 11.0 Å². The second-order valence-electron chi connectivity index (χ2n) is 8.59. The number of aryl methyl sites for hydroxylation is 1. The topological polar surface area (TPSA) is 80.4 Å². The zero-order valence-electron chi connectivity index (χ0n) is 17.1. The third-order valence-electron chi connectivity index (χ3n) is 6.76. The summed E-state index contributed by atoms with van der Waals surface area (Å²) in [7, 11) is 0. The number of aliphatic hydroxyl groups excluding tert-OH is 2. The van der Waals surface area contributed by atoms with Gasteiger partial charge < -0.3 is 19.5 Å². The van der Waals surface area contributed by atoms with Gasteiger partial charge in [0.2, 0.25) is 0 Å². The van der Waals surface area contributed by atoms with E-state index in [0.717, 1.165) is 47.1 Å². The van der Waals surface area contributed by atoms with Gasteiger partial charge in [0.25, 0.3) is 0 Å². The van der Waals surface area contributed by atoms with Crippen LogP contribution in [0.15, 0.2) is 30.7 Å². The predicted octanol–water partition coefficient (Wildman–Crippen LogP) is 3.43. The van der Waals surface area contributed by atoms with Gasteiger partial charge in [0.15, 0.2) is 0 Å². The zero-order chi connectivity index (χ0) is 21.0. The van der Waals surface area contributed by atoms with E-state index in [1.807, 2.05) is 30.7 Å². The molecule has 1 unspecified atom stereocenters. The molecule has 158 valence electrons.